The number of hydrogen-bond donors (Lipinski definition) is 0. The standard InChI is InChI=1S/C9H8O2S/c1-7-6-12(10,11)9-5-3-2-4-8(7)9/h2-5H,1,6H2. The molecule has 0 fully saturated rings. The number of rotatable bonds is 0. The van der Waals surface area contributed by atoms with Gasteiger partial charge in [0.05, 0.1) is 10.6 Å². The maximum atomic E-state index is 11.4. The van der Waals surface area contributed by atoms with Crippen molar-refractivity contribution in [3.05, 3.63) is 36.4 Å². The van der Waals surface area contributed by atoms with Crippen molar-refractivity contribution in [2.45, 2.75) is 4.90 Å². The highest BCUT2D eigenvalue weighted by Crippen LogP contribution is 2.32. The summed E-state index contributed by atoms with van der Waals surface area (Å²) in [5.74, 6) is 0.0757. The Morgan fingerprint density at radius 1 is 1.25 bits per heavy atom. The van der Waals surface area contributed by atoms with E-state index in [1.165, 1.54) is 0 Å². The van der Waals surface area contributed by atoms with E-state index in [1.807, 2.05) is 6.07 Å². The Kier molecular flexibility index (Phi) is 1.38. The van der Waals surface area contributed by atoms with Crippen molar-refractivity contribution >= 4 is 15.4 Å². The molecule has 1 heterocycles. The minimum absolute atomic E-state index is 0.0757. The van der Waals surface area contributed by atoms with Gasteiger partial charge in [-0.2, -0.15) is 0 Å². The second-order valence-corrected chi connectivity index (χ2v) is 4.82. The number of sulfone groups is 1. The van der Waals surface area contributed by atoms with Crippen molar-refractivity contribution < 1.29 is 8.42 Å². The van der Waals surface area contributed by atoms with E-state index in [2.05, 4.69) is 6.58 Å². The SMILES string of the molecule is C=C1CS(=O)(=O)c2ccccc21. The maximum Gasteiger partial charge on any atom is 0.183 e. The van der Waals surface area contributed by atoms with Gasteiger partial charge in [0.2, 0.25) is 0 Å². The summed E-state index contributed by atoms with van der Waals surface area (Å²) >= 11 is 0. The third-order valence-electron chi connectivity index (χ3n) is 1.97. The molecule has 0 unspecified atom stereocenters. The topological polar surface area (TPSA) is 34.1 Å². The first-order valence-electron chi connectivity index (χ1n) is 3.61. The quantitative estimate of drug-likeness (QED) is 0.606. The monoisotopic (exact) mass is 180 g/mol. The average Bonchev–Trinajstić information content (AvgIpc) is 2.25. The molecule has 2 rings (SSSR count). The molecule has 0 bridgehead atoms. The molecule has 1 aliphatic heterocycles. The lowest BCUT2D eigenvalue weighted by Crippen LogP contribution is -1.97. The largest absolute Gasteiger partial charge is 0.223 e. The van der Waals surface area contributed by atoms with Crippen LogP contribution in [-0.2, 0) is 9.84 Å². The summed E-state index contributed by atoms with van der Waals surface area (Å²) in [7, 11) is -3.05. The highest BCUT2D eigenvalue weighted by Gasteiger charge is 2.27. The summed E-state index contributed by atoms with van der Waals surface area (Å²) in [4.78, 5) is 0.426. The molecule has 62 valence electrons. The molecule has 1 aromatic rings. The van der Waals surface area contributed by atoms with E-state index in [1.54, 1.807) is 18.2 Å². The normalized spacial score (nSPS) is 19.2. The predicted molar refractivity (Wildman–Crippen MR) is 47.5 cm³/mol. The fourth-order valence-electron chi connectivity index (χ4n) is 1.41. The van der Waals surface area contributed by atoms with Crippen LogP contribution in [0.15, 0.2) is 35.7 Å². The molecule has 1 aromatic carbocycles. The van der Waals surface area contributed by atoms with Gasteiger partial charge in [-0.05, 0) is 17.2 Å². The molecular formula is C9H8O2S. The molecule has 0 saturated carbocycles. The minimum atomic E-state index is -3.05. The number of hydrogen-bond acceptors (Lipinski definition) is 2. The van der Waals surface area contributed by atoms with E-state index in [4.69, 9.17) is 0 Å². The summed E-state index contributed by atoms with van der Waals surface area (Å²) in [5, 5.41) is 0. The molecule has 0 atom stereocenters. The van der Waals surface area contributed by atoms with Gasteiger partial charge in [-0.25, -0.2) is 8.42 Å². The highest BCUT2D eigenvalue weighted by atomic mass is 32.2. The molecule has 12 heavy (non-hydrogen) atoms. The fourth-order valence-corrected chi connectivity index (χ4v) is 3.02. The van der Waals surface area contributed by atoms with Crippen LogP contribution >= 0.6 is 0 Å². The van der Waals surface area contributed by atoms with E-state index in [-0.39, 0.29) is 5.75 Å². The van der Waals surface area contributed by atoms with Crippen molar-refractivity contribution in [1.82, 2.24) is 0 Å². The Morgan fingerprint density at radius 3 is 2.58 bits per heavy atom. The zero-order chi connectivity index (χ0) is 8.77. The van der Waals surface area contributed by atoms with Gasteiger partial charge in [-0.1, -0.05) is 24.8 Å². The number of fused-ring (bicyclic) bond motifs is 1. The summed E-state index contributed by atoms with van der Waals surface area (Å²) in [6.45, 7) is 3.71. The van der Waals surface area contributed by atoms with Crippen molar-refractivity contribution in [2.24, 2.45) is 0 Å². The third-order valence-corrected chi connectivity index (χ3v) is 3.72. The maximum absolute atomic E-state index is 11.4. The molecule has 0 amide bonds. The Balaban J connectivity index is 2.83. The summed E-state index contributed by atoms with van der Waals surface area (Å²) < 4.78 is 22.8. The fraction of sp³-hybridized carbons (Fsp3) is 0.111. The van der Waals surface area contributed by atoms with E-state index in [9.17, 15) is 8.42 Å². The van der Waals surface area contributed by atoms with E-state index >= 15 is 0 Å². The van der Waals surface area contributed by atoms with Gasteiger partial charge in [-0.3, -0.25) is 0 Å². The van der Waals surface area contributed by atoms with Crippen molar-refractivity contribution in [1.29, 1.82) is 0 Å². The Labute approximate surface area is 71.5 Å². The first kappa shape index (κ1) is 7.55. The van der Waals surface area contributed by atoms with E-state index in [0.717, 1.165) is 5.56 Å². The zero-order valence-corrected chi connectivity index (χ0v) is 7.26. The smallest absolute Gasteiger partial charge is 0.183 e. The molecule has 3 heteroatoms. The van der Waals surface area contributed by atoms with Crippen molar-refractivity contribution in [2.75, 3.05) is 5.75 Å². The van der Waals surface area contributed by atoms with Gasteiger partial charge in [0, 0.05) is 0 Å². The second kappa shape index (κ2) is 2.20. The Hall–Kier alpha value is -1.09. The van der Waals surface area contributed by atoms with Gasteiger partial charge < -0.3 is 0 Å². The minimum Gasteiger partial charge on any atom is -0.223 e. The van der Waals surface area contributed by atoms with Crippen LogP contribution in [-0.4, -0.2) is 14.2 Å². The van der Waals surface area contributed by atoms with Gasteiger partial charge in [-0.15, -0.1) is 0 Å². The third kappa shape index (κ3) is 0.898. The summed E-state index contributed by atoms with van der Waals surface area (Å²) in [5.41, 5.74) is 1.48. The average molecular weight is 180 g/mol. The van der Waals surface area contributed by atoms with Crippen LogP contribution in [0.2, 0.25) is 0 Å². The van der Waals surface area contributed by atoms with Crippen LogP contribution in [0, 0.1) is 0 Å². The summed E-state index contributed by atoms with van der Waals surface area (Å²) in [6.07, 6.45) is 0. The van der Waals surface area contributed by atoms with Crippen molar-refractivity contribution in [3.8, 4) is 0 Å². The van der Waals surface area contributed by atoms with Gasteiger partial charge >= 0.3 is 0 Å². The first-order chi connectivity index (χ1) is 5.61. The molecule has 2 nitrogen and oxygen atoms in total. The van der Waals surface area contributed by atoms with Crippen LogP contribution < -0.4 is 0 Å². The highest BCUT2D eigenvalue weighted by molar-refractivity contribution is 7.92. The Morgan fingerprint density at radius 2 is 1.92 bits per heavy atom. The number of benzene rings is 1. The van der Waals surface area contributed by atoms with Gasteiger partial charge in [0.15, 0.2) is 9.84 Å². The molecule has 0 radical (unpaired) electrons. The van der Waals surface area contributed by atoms with Crippen LogP contribution in [0.5, 0.6) is 0 Å². The van der Waals surface area contributed by atoms with Crippen molar-refractivity contribution in [3.63, 3.8) is 0 Å². The molecule has 0 aromatic heterocycles. The molecule has 0 aliphatic carbocycles. The van der Waals surface area contributed by atoms with Gasteiger partial charge in [0.25, 0.3) is 0 Å². The summed E-state index contributed by atoms with van der Waals surface area (Å²) in [6, 6.07) is 6.98. The lowest BCUT2D eigenvalue weighted by Gasteiger charge is -1.94. The lowest BCUT2D eigenvalue weighted by molar-refractivity contribution is 0.601. The predicted octanol–water partition coefficient (Wildman–Crippen LogP) is 1.49. The van der Waals surface area contributed by atoms with Gasteiger partial charge in [0.1, 0.15) is 0 Å². The van der Waals surface area contributed by atoms with E-state index < -0.39 is 9.84 Å². The van der Waals surface area contributed by atoms with Crippen LogP contribution in [0.4, 0.5) is 0 Å². The molecule has 0 spiro atoms. The van der Waals surface area contributed by atoms with Crippen LogP contribution in [0.25, 0.3) is 5.57 Å². The van der Waals surface area contributed by atoms with Crippen LogP contribution in [0.3, 0.4) is 0 Å². The molecule has 0 N–H and O–H groups in total. The van der Waals surface area contributed by atoms with Crippen LogP contribution in [0.1, 0.15) is 5.56 Å². The molecule has 0 saturated heterocycles. The van der Waals surface area contributed by atoms with E-state index in [0.29, 0.717) is 10.5 Å². The lowest BCUT2D eigenvalue weighted by atomic mass is 10.1. The first-order valence-corrected chi connectivity index (χ1v) is 5.26. The zero-order valence-electron chi connectivity index (χ0n) is 6.45. The molecular weight excluding hydrogens is 172 g/mol. The molecule has 1 aliphatic rings. The second-order valence-electron chi connectivity index (χ2n) is 2.86. The Bertz CT molecular complexity index is 443.